The van der Waals surface area contributed by atoms with Crippen molar-refractivity contribution in [2.45, 2.75) is 214 Å². The molecule has 8 aliphatic rings. The summed E-state index contributed by atoms with van der Waals surface area (Å²) in [5.41, 5.74) is 1.50. The second-order valence-corrected chi connectivity index (χ2v) is 32.6. The topological polar surface area (TPSA) is 250 Å². The zero-order valence-corrected chi connectivity index (χ0v) is 62.3. The number of hydrogen-bond acceptors (Lipinski definition) is 15. The molecule has 97 heavy (non-hydrogen) atoms. The molecule has 4 saturated carbocycles. The number of allylic oxidation sites excluding steroid dienone is 4. The van der Waals surface area contributed by atoms with E-state index in [1.807, 2.05) is 94.8 Å². The monoisotopic (exact) mass is 1400 g/mol. The molecule has 11 atom stereocenters. The number of halogens is 1. The van der Waals surface area contributed by atoms with Crippen molar-refractivity contribution in [1.82, 2.24) is 30.2 Å². The van der Waals surface area contributed by atoms with Gasteiger partial charge in [0.1, 0.15) is 23.1 Å². The van der Waals surface area contributed by atoms with Gasteiger partial charge in [-0.3, -0.25) is 24.7 Å². The Bertz CT molecular complexity index is 3880. The Kier molecular flexibility index (Phi) is 23.4. The summed E-state index contributed by atoms with van der Waals surface area (Å²) in [5, 5.41) is 60.5. The molecule has 4 fully saturated rings. The normalized spacial score (nSPS) is 32.4. The fourth-order valence-electron chi connectivity index (χ4n) is 19.7. The SMILES string of the molecule is Brc1cccnc1.C.CC1(C)c2oncc2C[C@]2(C)CC(=O)CC[C@@H]12.CC1(C)c2oncc2C[C@]2(C)CC(O)(c3cccnc3)CC[C@@H]12.C[O-].[2H][2H].[C-]#[N+]C1=C(O)C(C)(C)[C@@H]2CCC(O)(c3cccnc3)C[C@@]2(C)C1.[C-]#[N+]C1=C[C@]2(C)C[C@](O)(c3cccnc3)CC[C@H]2C(C)(C)C1=O.[Na+]. The van der Waals surface area contributed by atoms with Gasteiger partial charge in [-0.25, -0.2) is 9.69 Å². The molecule has 0 spiro atoms. The molecule has 6 heterocycles. The number of rotatable bonds is 3. The Balaban J connectivity index is 0.000000197. The molecule has 516 valence electrons. The van der Waals surface area contributed by atoms with E-state index in [2.05, 4.69) is 111 Å². The van der Waals surface area contributed by atoms with Crippen LogP contribution in [0.1, 0.15) is 216 Å². The maximum atomic E-state index is 12.6. The summed E-state index contributed by atoms with van der Waals surface area (Å²) in [6.07, 6.45) is 30.7. The Labute approximate surface area is 608 Å². The summed E-state index contributed by atoms with van der Waals surface area (Å²) in [6, 6.07) is 15.2. The number of pyridine rings is 4. The van der Waals surface area contributed by atoms with Crippen LogP contribution < -0.4 is 34.7 Å². The van der Waals surface area contributed by atoms with Crippen molar-refractivity contribution in [3.8, 4) is 0 Å². The van der Waals surface area contributed by atoms with E-state index < -0.39 is 27.6 Å². The maximum absolute atomic E-state index is 12.6. The summed E-state index contributed by atoms with van der Waals surface area (Å²) in [5.74, 6) is 4.03. The number of carbonyl (C=O) groups excluding carboxylic acids is 2. The molecule has 6 aromatic heterocycles. The van der Waals surface area contributed by atoms with Gasteiger partial charge >= 0.3 is 29.6 Å². The molecule has 8 aliphatic carbocycles. The first-order valence-electron chi connectivity index (χ1n) is 34.3. The number of aliphatic hydroxyl groups excluding tert-OH is 1. The Hall–Kier alpha value is -6.06. The van der Waals surface area contributed by atoms with E-state index in [0.29, 0.717) is 61.8 Å². The number of carbonyl (C=O) groups is 2. The standard InChI is InChI=1S/2C19H24N2O2.C19H22N2O2.C14H19NO2.C5H4BrN.CH3O.CH4.Na.H2/c1-17(2)15-6-7-19(22,14-5-4-8-20-11-14)12-18(15,3)9-13-10-21-23-16(13)17;2*1-17(2)15-7-8-19(23,13-6-5-9-21-11-13)12-18(15,3)10-14(20-4)16(17)22;1-13(2)11-5-4-10(16)7-14(11,3)6-9-8-15-17-12(9)13;6-5-2-1-3-7-4-5;1-2;;;/h4-5,8,10-11,15,22H,6-7,9,12H2,1-3H3;5-6,9,11,15,22-23H,7-8,10,12H2,1-3H3;5-6,9-11,15,23H,7-8,12H2,1-3H3;8,11H,4-7H2,1-3H3;1-4H;1H3;1H4;;1H/q;;;;;-1;;+1;/t2*15-,18+,19?;15-,18+,19-;11-,14+;;;;;/m0000...../s1/i;;;;;;;;1+1D. The molecule has 0 radical (unpaired) electrons. The van der Waals surface area contributed by atoms with Crippen molar-refractivity contribution in [3.05, 3.63) is 200 Å². The molecular formula is C78H102BrN8NaO9. The van der Waals surface area contributed by atoms with E-state index in [1.165, 1.54) is 11.1 Å². The van der Waals surface area contributed by atoms with E-state index in [1.54, 1.807) is 49.5 Å². The number of fused-ring (bicyclic) bond motifs is 6. The minimum absolute atomic E-state index is 0. The third-order valence-corrected chi connectivity index (χ3v) is 24.1. The minimum atomic E-state index is -0.959. The van der Waals surface area contributed by atoms with Crippen molar-refractivity contribution < 1.29 is 76.7 Å². The van der Waals surface area contributed by atoms with Gasteiger partial charge in [0, 0.05) is 119 Å². The van der Waals surface area contributed by atoms with Crippen LogP contribution in [0.15, 0.2) is 147 Å². The largest absolute Gasteiger partial charge is 1.00 e. The van der Waals surface area contributed by atoms with Crippen LogP contribution in [0.3, 0.4) is 0 Å². The van der Waals surface area contributed by atoms with Crippen LogP contribution >= 0.6 is 15.9 Å². The van der Waals surface area contributed by atoms with Gasteiger partial charge in [0.05, 0.1) is 42.3 Å². The van der Waals surface area contributed by atoms with E-state index in [0.717, 1.165) is 97.6 Å². The fraction of sp³-hybridized carbons (Fsp3) is 0.564. The van der Waals surface area contributed by atoms with E-state index in [-0.39, 0.29) is 98.5 Å². The molecule has 0 saturated heterocycles. The molecule has 0 aromatic carbocycles. The van der Waals surface area contributed by atoms with Gasteiger partial charge in [-0.2, -0.15) is 7.11 Å². The number of ketones is 2. The van der Waals surface area contributed by atoms with Gasteiger partial charge in [0.15, 0.2) is 5.78 Å². The molecule has 17 nitrogen and oxygen atoms in total. The number of Topliss-reactive ketones (excluding diaryl/α,β-unsaturated/α-hetero) is 2. The van der Waals surface area contributed by atoms with Crippen molar-refractivity contribution in [1.29, 1.82) is 0 Å². The van der Waals surface area contributed by atoms with Crippen LogP contribution in [0, 0.1) is 69.3 Å². The van der Waals surface area contributed by atoms with Gasteiger partial charge in [-0.15, -0.1) is 0 Å². The molecule has 0 amide bonds. The summed E-state index contributed by atoms with van der Waals surface area (Å²) < 4.78 is 22.1. The third kappa shape index (κ3) is 15.2. The molecule has 19 heteroatoms. The predicted octanol–water partition coefficient (Wildman–Crippen LogP) is 12.9. The molecule has 0 bridgehead atoms. The molecule has 4 N–H and O–H groups in total. The van der Waals surface area contributed by atoms with E-state index in [9.17, 15) is 30.0 Å². The number of hydrogen-bond donors (Lipinski definition) is 4. The zero-order valence-electron chi connectivity index (χ0n) is 60.7. The minimum Gasteiger partial charge on any atom is -0.857 e. The Morgan fingerprint density at radius 2 is 0.959 bits per heavy atom. The van der Waals surface area contributed by atoms with Crippen molar-refractivity contribution >= 4 is 27.5 Å². The van der Waals surface area contributed by atoms with Crippen LogP contribution in [-0.2, 0) is 50.1 Å². The van der Waals surface area contributed by atoms with E-state index >= 15 is 0 Å². The second kappa shape index (κ2) is 29.6. The van der Waals surface area contributed by atoms with Crippen LogP contribution in [-0.4, -0.2) is 69.4 Å². The second-order valence-electron chi connectivity index (χ2n) is 31.7. The summed E-state index contributed by atoms with van der Waals surface area (Å²) in [7, 11) is 0.750. The van der Waals surface area contributed by atoms with Gasteiger partial charge in [0.2, 0.25) is 11.4 Å². The molecule has 6 aromatic rings. The van der Waals surface area contributed by atoms with Crippen LogP contribution in [0.2, 0.25) is 0 Å². The average molecular weight is 1400 g/mol. The predicted molar refractivity (Wildman–Crippen MR) is 373 cm³/mol. The first kappa shape index (κ1) is 76.7. The van der Waals surface area contributed by atoms with Crippen molar-refractivity contribution in [2.24, 2.45) is 56.2 Å². The number of aliphatic hydroxyl groups is 4. The van der Waals surface area contributed by atoms with Crippen molar-refractivity contribution in [3.63, 3.8) is 0 Å². The smallest absolute Gasteiger partial charge is 0.857 e. The quantitative estimate of drug-likeness (QED) is 0.0950. The molecular weight excluding hydrogens is 1300 g/mol. The molecule has 0 aliphatic heterocycles. The first-order valence-corrected chi connectivity index (χ1v) is 34.1. The zero-order chi connectivity index (χ0) is 71.4. The van der Waals surface area contributed by atoms with Gasteiger partial charge in [-0.1, -0.05) is 125 Å². The fourth-order valence-corrected chi connectivity index (χ4v) is 20.0. The van der Waals surface area contributed by atoms with Gasteiger partial charge < -0.3 is 39.4 Å². The average Bonchev–Trinajstić information content (AvgIpc) is 0.891. The van der Waals surface area contributed by atoms with E-state index in [4.69, 9.17) is 30.3 Å². The maximum Gasteiger partial charge on any atom is 1.00 e. The molecule has 14 rings (SSSR count). The van der Waals surface area contributed by atoms with Crippen LogP contribution in [0.4, 0.5) is 0 Å². The van der Waals surface area contributed by atoms with Crippen molar-refractivity contribution in [2.75, 3.05) is 7.11 Å². The Morgan fingerprint density at radius 3 is 1.37 bits per heavy atom. The van der Waals surface area contributed by atoms with Gasteiger partial charge in [-0.05, 0) is 175 Å². The number of aromatic nitrogens is 6. The van der Waals surface area contributed by atoms with Crippen LogP contribution in [0.25, 0.3) is 9.69 Å². The number of nitrogens with zero attached hydrogens (tertiary/aromatic N) is 8. The molecule has 2 unspecified atom stereocenters. The third-order valence-electron chi connectivity index (χ3n) is 23.6. The first-order chi connectivity index (χ1) is 45.6. The van der Waals surface area contributed by atoms with Gasteiger partial charge in [0.25, 0.3) is 0 Å². The Morgan fingerprint density at radius 1 is 0.546 bits per heavy atom. The summed E-state index contributed by atoms with van der Waals surface area (Å²) in [6.45, 7) is 40.4. The summed E-state index contributed by atoms with van der Waals surface area (Å²) in [4.78, 5) is 47.6. The van der Waals surface area contributed by atoms with Crippen LogP contribution in [0.5, 0.6) is 0 Å². The summed E-state index contributed by atoms with van der Waals surface area (Å²) >= 11 is 3.25.